The summed E-state index contributed by atoms with van der Waals surface area (Å²) >= 11 is 1.44. The van der Waals surface area contributed by atoms with Crippen LogP contribution < -0.4 is 5.32 Å². The lowest BCUT2D eigenvalue weighted by Gasteiger charge is -2.08. The van der Waals surface area contributed by atoms with Gasteiger partial charge in [0, 0.05) is 29.6 Å². The fourth-order valence-corrected chi connectivity index (χ4v) is 3.70. The van der Waals surface area contributed by atoms with E-state index < -0.39 is 0 Å². The number of anilines is 1. The molecule has 1 aromatic carbocycles. The van der Waals surface area contributed by atoms with E-state index in [9.17, 15) is 4.79 Å². The zero-order chi connectivity index (χ0) is 19.0. The van der Waals surface area contributed by atoms with Gasteiger partial charge in [-0.15, -0.1) is 11.3 Å². The molecule has 4 rings (SSSR count). The van der Waals surface area contributed by atoms with Gasteiger partial charge in [0.05, 0.1) is 28.7 Å². The Labute approximate surface area is 160 Å². The lowest BCUT2D eigenvalue weighted by molar-refractivity contribution is 0.102. The maximum absolute atomic E-state index is 13.0. The van der Waals surface area contributed by atoms with Crippen molar-refractivity contribution in [2.75, 3.05) is 5.32 Å². The van der Waals surface area contributed by atoms with Crippen LogP contribution in [-0.4, -0.2) is 25.7 Å². The second-order valence-corrected chi connectivity index (χ2v) is 7.52. The van der Waals surface area contributed by atoms with Crippen LogP contribution in [-0.2, 0) is 7.05 Å². The van der Waals surface area contributed by atoms with Crippen molar-refractivity contribution in [1.29, 1.82) is 0 Å². The smallest absolute Gasteiger partial charge is 0.258 e. The van der Waals surface area contributed by atoms with Crippen molar-refractivity contribution < 1.29 is 4.79 Å². The number of nitrogens with one attached hydrogen (secondary N) is 1. The Hall–Kier alpha value is -3.06. The summed E-state index contributed by atoms with van der Waals surface area (Å²) < 4.78 is 1.72. The van der Waals surface area contributed by atoms with Gasteiger partial charge >= 0.3 is 0 Å². The summed E-state index contributed by atoms with van der Waals surface area (Å²) in [6.45, 7) is 4.16. The number of nitrogens with zero attached hydrogens (tertiary/aromatic N) is 4. The molecule has 0 fully saturated rings. The van der Waals surface area contributed by atoms with Crippen LogP contribution in [0.4, 0.5) is 5.13 Å². The molecule has 0 saturated heterocycles. The summed E-state index contributed by atoms with van der Waals surface area (Å²) in [5.41, 5.74) is 3.90. The molecule has 6 nitrogen and oxygen atoms in total. The molecule has 1 amide bonds. The monoisotopic (exact) mass is 377 g/mol. The molecule has 0 aliphatic rings. The number of benzene rings is 1. The quantitative estimate of drug-likeness (QED) is 0.570. The molecule has 0 unspecified atom stereocenters. The molecule has 0 aliphatic heterocycles. The van der Waals surface area contributed by atoms with Crippen molar-refractivity contribution in [3.05, 3.63) is 59.4 Å². The lowest BCUT2D eigenvalue weighted by Crippen LogP contribution is -2.13. The molecule has 0 saturated carbocycles. The average molecular weight is 377 g/mol. The van der Waals surface area contributed by atoms with Crippen LogP contribution in [0.5, 0.6) is 0 Å². The Kier molecular flexibility index (Phi) is 4.45. The summed E-state index contributed by atoms with van der Waals surface area (Å²) in [6, 6.07) is 9.45. The van der Waals surface area contributed by atoms with Gasteiger partial charge < -0.3 is 0 Å². The van der Waals surface area contributed by atoms with Crippen LogP contribution in [0.3, 0.4) is 0 Å². The van der Waals surface area contributed by atoms with Gasteiger partial charge in [-0.2, -0.15) is 5.10 Å². The number of rotatable bonds is 4. The summed E-state index contributed by atoms with van der Waals surface area (Å²) in [6.07, 6.45) is 3.63. The molecule has 27 heavy (non-hydrogen) atoms. The first-order chi connectivity index (χ1) is 13.0. The van der Waals surface area contributed by atoms with Crippen LogP contribution in [0.25, 0.3) is 22.2 Å². The normalized spacial score (nSPS) is 11.3. The third-order valence-corrected chi connectivity index (χ3v) is 5.07. The second kappa shape index (κ2) is 6.92. The molecule has 1 N–H and O–H groups in total. The predicted molar refractivity (Wildman–Crippen MR) is 108 cm³/mol. The van der Waals surface area contributed by atoms with Crippen molar-refractivity contribution in [3.8, 4) is 11.3 Å². The predicted octanol–water partition coefficient (Wildman–Crippen LogP) is 4.47. The minimum absolute atomic E-state index is 0.191. The molecular formula is C20H19N5OS. The molecule has 0 radical (unpaired) electrons. The van der Waals surface area contributed by atoms with E-state index in [0.717, 1.165) is 22.2 Å². The minimum atomic E-state index is -0.191. The van der Waals surface area contributed by atoms with Gasteiger partial charge in [0.1, 0.15) is 0 Å². The highest BCUT2D eigenvalue weighted by Gasteiger charge is 2.16. The molecule has 0 atom stereocenters. The molecule has 0 spiro atoms. The van der Waals surface area contributed by atoms with Gasteiger partial charge in [0.2, 0.25) is 0 Å². The van der Waals surface area contributed by atoms with Crippen molar-refractivity contribution in [2.24, 2.45) is 7.05 Å². The van der Waals surface area contributed by atoms with E-state index in [0.29, 0.717) is 22.3 Å². The summed E-state index contributed by atoms with van der Waals surface area (Å²) in [4.78, 5) is 22.2. The van der Waals surface area contributed by atoms with Crippen LogP contribution in [0.1, 0.15) is 35.8 Å². The summed E-state index contributed by atoms with van der Waals surface area (Å²) in [7, 11) is 1.85. The molecule has 3 heterocycles. The number of hydrogen-bond donors (Lipinski definition) is 1. The number of para-hydroxylation sites is 1. The number of carbonyl (C=O) groups excluding carboxylic acids is 1. The molecule has 3 aromatic heterocycles. The first-order valence-corrected chi connectivity index (χ1v) is 9.55. The van der Waals surface area contributed by atoms with Crippen LogP contribution in [0.2, 0.25) is 0 Å². The fourth-order valence-electron chi connectivity index (χ4n) is 2.84. The van der Waals surface area contributed by atoms with E-state index in [-0.39, 0.29) is 5.91 Å². The van der Waals surface area contributed by atoms with Crippen molar-refractivity contribution >= 4 is 33.3 Å². The standard InChI is InChI=1S/C20H19N5OS/c1-12(2)18-11-27-20(23-18)24-19(26)15-8-17(13-9-21-25(3)10-13)22-16-7-5-4-6-14(15)16/h4-12H,1-3H3,(H,23,24,26). The van der Waals surface area contributed by atoms with Gasteiger partial charge in [-0.1, -0.05) is 32.0 Å². The Morgan fingerprint density at radius 1 is 1.22 bits per heavy atom. The zero-order valence-corrected chi connectivity index (χ0v) is 16.1. The highest BCUT2D eigenvalue weighted by Crippen LogP contribution is 2.26. The topological polar surface area (TPSA) is 72.7 Å². The SMILES string of the molecule is CC(C)c1csc(NC(=O)c2cc(-c3cnn(C)c3)nc3ccccc23)n1. The Morgan fingerprint density at radius 3 is 2.74 bits per heavy atom. The Balaban J connectivity index is 1.75. The molecular weight excluding hydrogens is 358 g/mol. The molecule has 7 heteroatoms. The molecule has 0 aliphatic carbocycles. The molecule has 136 valence electrons. The Morgan fingerprint density at radius 2 is 2.04 bits per heavy atom. The highest BCUT2D eigenvalue weighted by molar-refractivity contribution is 7.14. The maximum atomic E-state index is 13.0. The van der Waals surface area contributed by atoms with Gasteiger partial charge in [-0.05, 0) is 18.1 Å². The molecule has 0 bridgehead atoms. The first-order valence-electron chi connectivity index (χ1n) is 8.67. The van der Waals surface area contributed by atoms with Crippen LogP contribution in [0.15, 0.2) is 48.1 Å². The van der Waals surface area contributed by atoms with Gasteiger partial charge in [0.25, 0.3) is 5.91 Å². The van der Waals surface area contributed by atoms with E-state index in [1.54, 1.807) is 10.9 Å². The van der Waals surface area contributed by atoms with Crippen molar-refractivity contribution in [3.63, 3.8) is 0 Å². The average Bonchev–Trinajstić information content (AvgIpc) is 3.30. The zero-order valence-electron chi connectivity index (χ0n) is 15.3. The lowest BCUT2D eigenvalue weighted by atomic mass is 10.1. The van der Waals surface area contributed by atoms with E-state index in [1.165, 1.54) is 11.3 Å². The van der Waals surface area contributed by atoms with E-state index >= 15 is 0 Å². The number of amides is 1. The minimum Gasteiger partial charge on any atom is -0.298 e. The number of pyridine rings is 1. The second-order valence-electron chi connectivity index (χ2n) is 6.66. The number of fused-ring (bicyclic) bond motifs is 1. The largest absolute Gasteiger partial charge is 0.298 e. The highest BCUT2D eigenvalue weighted by atomic mass is 32.1. The van der Waals surface area contributed by atoms with Crippen LogP contribution in [0, 0.1) is 0 Å². The Bertz CT molecular complexity index is 1130. The van der Waals surface area contributed by atoms with E-state index in [1.807, 2.05) is 49.0 Å². The molecule has 4 aromatic rings. The number of aryl methyl sites for hydroxylation is 1. The van der Waals surface area contributed by atoms with Crippen LogP contribution >= 0.6 is 11.3 Å². The maximum Gasteiger partial charge on any atom is 0.258 e. The number of thiazole rings is 1. The van der Waals surface area contributed by atoms with E-state index in [4.69, 9.17) is 0 Å². The van der Waals surface area contributed by atoms with E-state index in [2.05, 4.69) is 34.2 Å². The number of aromatic nitrogens is 4. The third kappa shape index (κ3) is 3.46. The number of carbonyl (C=O) groups is 1. The van der Waals surface area contributed by atoms with Gasteiger partial charge in [0.15, 0.2) is 5.13 Å². The number of hydrogen-bond acceptors (Lipinski definition) is 5. The first kappa shape index (κ1) is 17.4. The van der Waals surface area contributed by atoms with Crippen molar-refractivity contribution in [1.82, 2.24) is 19.7 Å². The van der Waals surface area contributed by atoms with Gasteiger partial charge in [-0.25, -0.2) is 9.97 Å². The summed E-state index contributed by atoms with van der Waals surface area (Å²) in [5.74, 6) is 0.134. The fraction of sp³-hybridized carbons (Fsp3) is 0.200. The summed E-state index contributed by atoms with van der Waals surface area (Å²) in [5, 5.41) is 10.5. The third-order valence-electron chi connectivity index (χ3n) is 4.30. The van der Waals surface area contributed by atoms with Gasteiger partial charge in [-0.3, -0.25) is 14.8 Å². The van der Waals surface area contributed by atoms with Crippen molar-refractivity contribution in [2.45, 2.75) is 19.8 Å².